The van der Waals surface area contributed by atoms with Crippen molar-refractivity contribution in [1.29, 1.82) is 0 Å². The fourth-order valence-electron chi connectivity index (χ4n) is 1.91. The van der Waals surface area contributed by atoms with Crippen molar-refractivity contribution in [3.63, 3.8) is 0 Å². The maximum atomic E-state index is 9.81. The first-order chi connectivity index (χ1) is 10.3. The Hall–Kier alpha value is -1.98. The summed E-state index contributed by atoms with van der Waals surface area (Å²) in [5.74, 6) is 1.74. The van der Waals surface area contributed by atoms with Gasteiger partial charge in [0.15, 0.2) is 0 Å². The van der Waals surface area contributed by atoms with Crippen LogP contribution in [-0.4, -0.2) is 25.4 Å². The number of phenolic OH excluding ortho intramolecular Hbond substituents is 1. The van der Waals surface area contributed by atoms with Gasteiger partial charge in [-0.05, 0) is 31.2 Å². The standard InChI is InChI=1S/C16H21NO4/c1-19-14-6-5-13(16(18)10-14)11-17-7-3-8-20-12-15-4-2-9-21-15/h2,4-6,9-10,17-18H,3,7-8,11-12H2,1H3. The summed E-state index contributed by atoms with van der Waals surface area (Å²) in [6, 6.07) is 9.05. The van der Waals surface area contributed by atoms with E-state index in [1.165, 1.54) is 0 Å². The van der Waals surface area contributed by atoms with Gasteiger partial charge in [0.1, 0.15) is 23.9 Å². The summed E-state index contributed by atoms with van der Waals surface area (Å²) in [5.41, 5.74) is 0.854. The van der Waals surface area contributed by atoms with Crippen LogP contribution in [0.3, 0.4) is 0 Å². The number of nitrogens with one attached hydrogen (secondary N) is 1. The molecule has 2 aromatic rings. The molecule has 0 saturated carbocycles. The topological polar surface area (TPSA) is 63.9 Å². The van der Waals surface area contributed by atoms with E-state index in [2.05, 4.69) is 5.32 Å². The first kappa shape index (κ1) is 15.4. The van der Waals surface area contributed by atoms with E-state index in [9.17, 15) is 5.11 Å². The highest BCUT2D eigenvalue weighted by Gasteiger charge is 2.02. The quantitative estimate of drug-likeness (QED) is 0.695. The van der Waals surface area contributed by atoms with Crippen LogP contribution in [0.5, 0.6) is 11.5 Å². The first-order valence-corrected chi connectivity index (χ1v) is 6.96. The van der Waals surface area contributed by atoms with E-state index < -0.39 is 0 Å². The number of aromatic hydroxyl groups is 1. The molecule has 2 rings (SSSR count). The predicted molar refractivity (Wildman–Crippen MR) is 79.3 cm³/mol. The molecule has 5 heteroatoms. The predicted octanol–water partition coefficient (Wildman–Crippen LogP) is 2.69. The zero-order valence-electron chi connectivity index (χ0n) is 12.2. The molecule has 0 saturated heterocycles. The second kappa shape index (κ2) is 8.34. The van der Waals surface area contributed by atoms with Gasteiger partial charge in [-0.25, -0.2) is 0 Å². The van der Waals surface area contributed by atoms with Gasteiger partial charge in [-0.3, -0.25) is 0 Å². The maximum Gasteiger partial charge on any atom is 0.129 e. The molecule has 0 aliphatic heterocycles. The highest BCUT2D eigenvalue weighted by atomic mass is 16.5. The summed E-state index contributed by atoms with van der Waals surface area (Å²) in [6.45, 7) is 2.62. The number of ether oxygens (including phenoxy) is 2. The molecule has 2 N–H and O–H groups in total. The lowest BCUT2D eigenvalue weighted by atomic mass is 10.2. The largest absolute Gasteiger partial charge is 0.507 e. The number of hydrogen-bond acceptors (Lipinski definition) is 5. The summed E-state index contributed by atoms with van der Waals surface area (Å²) in [7, 11) is 1.58. The molecule has 0 spiro atoms. The van der Waals surface area contributed by atoms with E-state index in [0.29, 0.717) is 25.5 Å². The Morgan fingerprint density at radius 3 is 2.90 bits per heavy atom. The molecule has 0 radical (unpaired) electrons. The van der Waals surface area contributed by atoms with Crippen molar-refractivity contribution >= 4 is 0 Å². The summed E-state index contributed by atoms with van der Waals surface area (Å²) < 4.78 is 15.7. The molecule has 0 unspecified atom stereocenters. The fraction of sp³-hybridized carbons (Fsp3) is 0.375. The minimum absolute atomic E-state index is 0.246. The van der Waals surface area contributed by atoms with E-state index in [-0.39, 0.29) is 5.75 Å². The van der Waals surface area contributed by atoms with Crippen molar-refractivity contribution in [2.45, 2.75) is 19.6 Å². The lowest BCUT2D eigenvalue weighted by Crippen LogP contribution is -2.16. The average Bonchev–Trinajstić information content (AvgIpc) is 3.01. The van der Waals surface area contributed by atoms with Crippen LogP contribution in [-0.2, 0) is 17.9 Å². The number of furan rings is 1. The van der Waals surface area contributed by atoms with E-state index in [1.54, 1.807) is 19.4 Å². The monoisotopic (exact) mass is 291 g/mol. The lowest BCUT2D eigenvalue weighted by Gasteiger charge is -2.08. The smallest absolute Gasteiger partial charge is 0.129 e. The van der Waals surface area contributed by atoms with Crippen molar-refractivity contribution in [2.75, 3.05) is 20.3 Å². The Labute approximate surface area is 124 Å². The Balaban J connectivity index is 1.57. The minimum atomic E-state index is 0.246. The van der Waals surface area contributed by atoms with E-state index >= 15 is 0 Å². The van der Waals surface area contributed by atoms with Crippen molar-refractivity contribution < 1.29 is 19.0 Å². The van der Waals surface area contributed by atoms with Gasteiger partial charge in [-0.15, -0.1) is 0 Å². The highest BCUT2D eigenvalue weighted by Crippen LogP contribution is 2.22. The second-order valence-corrected chi connectivity index (χ2v) is 4.66. The molecular formula is C16H21NO4. The number of hydrogen-bond donors (Lipinski definition) is 2. The van der Waals surface area contributed by atoms with Crippen LogP contribution < -0.4 is 10.1 Å². The summed E-state index contributed by atoms with van der Waals surface area (Å²) >= 11 is 0. The van der Waals surface area contributed by atoms with Gasteiger partial charge in [-0.2, -0.15) is 0 Å². The minimum Gasteiger partial charge on any atom is -0.507 e. The summed E-state index contributed by atoms with van der Waals surface area (Å²) in [4.78, 5) is 0. The van der Waals surface area contributed by atoms with E-state index in [1.807, 2.05) is 24.3 Å². The second-order valence-electron chi connectivity index (χ2n) is 4.66. The molecule has 5 nitrogen and oxygen atoms in total. The Bertz CT molecular complexity index is 525. The van der Waals surface area contributed by atoms with Crippen LogP contribution in [0.25, 0.3) is 0 Å². The molecule has 0 fully saturated rings. The SMILES string of the molecule is COc1ccc(CNCCCOCc2ccco2)c(O)c1. The average molecular weight is 291 g/mol. The Morgan fingerprint density at radius 1 is 1.29 bits per heavy atom. The Morgan fingerprint density at radius 2 is 2.19 bits per heavy atom. The normalized spacial score (nSPS) is 10.7. The number of rotatable bonds is 9. The van der Waals surface area contributed by atoms with Crippen LogP contribution in [0.4, 0.5) is 0 Å². The van der Waals surface area contributed by atoms with Crippen LogP contribution in [0.2, 0.25) is 0 Å². The maximum absolute atomic E-state index is 9.81. The van der Waals surface area contributed by atoms with Crippen LogP contribution in [0, 0.1) is 0 Å². The van der Waals surface area contributed by atoms with Gasteiger partial charge in [0.05, 0.1) is 13.4 Å². The molecule has 1 aromatic heterocycles. The van der Waals surface area contributed by atoms with Gasteiger partial charge >= 0.3 is 0 Å². The van der Waals surface area contributed by atoms with E-state index in [4.69, 9.17) is 13.9 Å². The molecule has 21 heavy (non-hydrogen) atoms. The zero-order chi connectivity index (χ0) is 14.9. The number of benzene rings is 1. The highest BCUT2D eigenvalue weighted by molar-refractivity contribution is 5.39. The van der Waals surface area contributed by atoms with Gasteiger partial charge in [0.2, 0.25) is 0 Å². The van der Waals surface area contributed by atoms with Gasteiger partial charge in [-0.1, -0.05) is 6.07 Å². The van der Waals surface area contributed by atoms with Crippen molar-refractivity contribution in [2.24, 2.45) is 0 Å². The molecule has 1 aromatic carbocycles. The lowest BCUT2D eigenvalue weighted by molar-refractivity contribution is 0.104. The summed E-state index contributed by atoms with van der Waals surface area (Å²) in [5, 5.41) is 13.1. The van der Waals surface area contributed by atoms with Crippen molar-refractivity contribution in [3.05, 3.63) is 47.9 Å². The Kier molecular flexibility index (Phi) is 6.12. The summed E-state index contributed by atoms with van der Waals surface area (Å²) in [6.07, 6.45) is 2.54. The number of methoxy groups -OCH3 is 1. The molecule has 0 bridgehead atoms. The van der Waals surface area contributed by atoms with Gasteiger partial charge < -0.3 is 24.3 Å². The molecule has 0 amide bonds. The third-order valence-electron chi connectivity index (χ3n) is 3.07. The van der Waals surface area contributed by atoms with Crippen LogP contribution in [0.15, 0.2) is 41.0 Å². The molecule has 1 heterocycles. The first-order valence-electron chi connectivity index (χ1n) is 6.96. The molecular weight excluding hydrogens is 270 g/mol. The van der Waals surface area contributed by atoms with Gasteiger partial charge in [0.25, 0.3) is 0 Å². The third-order valence-corrected chi connectivity index (χ3v) is 3.07. The van der Waals surface area contributed by atoms with Crippen LogP contribution in [0.1, 0.15) is 17.7 Å². The number of phenols is 1. The molecule has 0 aliphatic carbocycles. The van der Waals surface area contributed by atoms with E-state index in [0.717, 1.165) is 24.3 Å². The fourth-order valence-corrected chi connectivity index (χ4v) is 1.91. The molecule has 0 atom stereocenters. The zero-order valence-corrected chi connectivity index (χ0v) is 12.2. The van der Waals surface area contributed by atoms with Crippen molar-refractivity contribution in [3.8, 4) is 11.5 Å². The van der Waals surface area contributed by atoms with Gasteiger partial charge in [0, 0.05) is 24.8 Å². The van der Waals surface area contributed by atoms with Crippen molar-refractivity contribution in [1.82, 2.24) is 5.32 Å². The molecule has 114 valence electrons. The van der Waals surface area contributed by atoms with Crippen LogP contribution >= 0.6 is 0 Å². The third kappa shape index (κ3) is 5.13. The molecule has 0 aliphatic rings.